The summed E-state index contributed by atoms with van der Waals surface area (Å²) in [5.74, 6) is 0.878. The van der Waals surface area contributed by atoms with Crippen LogP contribution in [-0.2, 0) is 26.4 Å². The number of hydrogen-bond acceptors (Lipinski definition) is 3. The topological polar surface area (TPSA) is 57.5 Å². The van der Waals surface area contributed by atoms with E-state index in [0.717, 1.165) is 44.5 Å². The molecule has 0 amide bonds. The van der Waals surface area contributed by atoms with Gasteiger partial charge in [0.15, 0.2) is 5.96 Å². The summed E-state index contributed by atoms with van der Waals surface area (Å²) >= 11 is 0. The van der Waals surface area contributed by atoms with Crippen LogP contribution in [0.2, 0.25) is 0 Å². The van der Waals surface area contributed by atoms with Crippen LogP contribution in [0.15, 0.2) is 4.99 Å². The van der Waals surface area contributed by atoms with Gasteiger partial charge in [-0.1, -0.05) is 27.2 Å². The van der Waals surface area contributed by atoms with Crippen molar-refractivity contribution in [1.29, 1.82) is 0 Å². The van der Waals surface area contributed by atoms with Gasteiger partial charge in [0.1, 0.15) is 0 Å². The van der Waals surface area contributed by atoms with Crippen molar-refractivity contribution < 1.29 is 0 Å². The fourth-order valence-electron chi connectivity index (χ4n) is 4.12. The third-order valence-corrected chi connectivity index (χ3v) is 5.60. The lowest BCUT2D eigenvalue weighted by Crippen LogP contribution is -2.45. The van der Waals surface area contributed by atoms with E-state index in [1.165, 1.54) is 49.2 Å². The summed E-state index contributed by atoms with van der Waals surface area (Å²) in [5.41, 5.74) is 3.82. The summed E-state index contributed by atoms with van der Waals surface area (Å²) in [6, 6.07) is 0.759. The van der Waals surface area contributed by atoms with Gasteiger partial charge in [-0.05, 0) is 38.6 Å². The molecule has 2 heterocycles. The molecule has 26 heavy (non-hydrogen) atoms. The van der Waals surface area contributed by atoms with Gasteiger partial charge in [0.2, 0.25) is 0 Å². The monoisotopic (exact) mass is 362 g/mol. The molecule has 0 spiro atoms. The minimum Gasteiger partial charge on any atom is -0.355 e. The number of nitrogens with zero attached hydrogens (tertiary/aromatic N) is 4. The number of guanidine groups is 1. The Kier molecular flexibility index (Phi) is 8.42. The largest absolute Gasteiger partial charge is 0.355 e. The first-order valence-electron chi connectivity index (χ1n) is 10.4. The molecule has 1 aromatic rings. The van der Waals surface area contributed by atoms with Gasteiger partial charge in [0, 0.05) is 51.0 Å². The maximum atomic E-state index is 4.65. The van der Waals surface area contributed by atoms with Crippen LogP contribution in [0.25, 0.3) is 0 Å². The van der Waals surface area contributed by atoms with Crippen LogP contribution in [0.3, 0.4) is 0 Å². The van der Waals surface area contributed by atoms with E-state index in [1.54, 1.807) is 0 Å². The van der Waals surface area contributed by atoms with Crippen molar-refractivity contribution in [2.24, 2.45) is 12.0 Å². The van der Waals surface area contributed by atoms with Crippen molar-refractivity contribution in [2.75, 3.05) is 26.7 Å². The van der Waals surface area contributed by atoms with Gasteiger partial charge in [-0.15, -0.1) is 0 Å². The van der Waals surface area contributed by atoms with Crippen molar-refractivity contribution in [1.82, 2.24) is 25.3 Å². The Bertz CT molecular complexity index is 577. The zero-order chi connectivity index (χ0) is 18.9. The summed E-state index contributed by atoms with van der Waals surface area (Å²) < 4.78 is 2.02. The number of aryl methyl sites for hydroxylation is 2. The first-order chi connectivity index (χ1) is 12.6. The summed E-state index contributed by atoms with van der Waals surface area (Å²) in [6.07, 6.45) is 7.29. The third kappa shape index (κ3) is 5.22. The highest BCUT2D eigenvalue weighted by Gasteiger charge is 2.20. The number of piperidine rings is 1. The molecular formula is C20H38N6. The third-order valence-electron chi connectivity index (χ3n) is 5.60. The Morgan fingerprint density at radius 2 is 2.00 bits per heavy atom. The average Bonchev–Trinajstić information content (AvgIpc) is 2.99. The van der Waals surface area contributed by atoms with Crippen LogP contribution in [0, 0.1) is 0 Å². The van der Waals surface area contributed by atoms with Crippen LogP contribution >= 0.6 is 0 Å². The van der Waals surface area contributed by atoms with E-state index in [2.05, 4.69) is 46.4 Å². The quantitative estimate of drug-likeness (QED) is 0.551. The van der Waals surface area contributed by atoms with Crippen molar-refractivity contribution in [3.63, 3.8) is 0 Å². The zero-order valence-corrected chi connectivity index (χ0v) is 17.4. The van der Waals surface area contributed by atoms with Gasteiger partial charge in [0.05, 0.1) is 5.69 Å². The molecule has 0 bridgehead atoms. The number of likely N-dealkylation sites (tertiary alicyclic amines) is 1. The Morgan fingerprint density at radius 3 is 2.65 bits per heavy atom. The molecule has 1 aliphatic rings. The summed E-state index contributed by atoms with van der Waals surface area (Å²) in [5, 5.41) is 11.6. The number of hydrogen-bond donors (Lipinski definition) is 2. The Morgan fingerprint density at radius 1 is 1.19 bits per heavy atom. The van der Waals surface area contributed by atoms with Gasteiger partial charge in [-0.3, -0.25) is 14.6 Å². The van der Waals surface area contributed by atoms with Crippen molar-refractivity contribution in [3.8, 4) is 0 Å². The van der Waals surface area contributed by atoms with Crippen LogP contribution in [-0.4, -0.2) is 53.4 Å². The first kappa shape index (κ1) is 20.7. The molecule has 0 radical (unpaired) electrons. The Hall–Kier alpha value is -1.56. The molecule has 1 aliphatic heterocycles. The molecule has 0 aliphatic carbocycles. The minimum atomic E-state index is 0.759. The highest BCUT2D eigenvalue weighted by atomic mass is 15.3. The van der Waals surface area contributed by atoms with Crippen LogP contribution in [0.1, 0.15) is 63.4 Å². The summed E-state index contributed by atoms with van der Waals surface area (Å²) in [7, 11) is 3.88. The van der Waals surface area contributed by atoms with Crippen LogP contribution in [0.4, 0.5) is 0 Å². The van der Waals surface area contributed by atoms with Gasteiger partial charge < -0.3 is 10.6 Å². The average molecular weight is 363 g/mol. The van der Waals surface area contributed by atoms with Crippen molar-refractivity contribution in [2.45, 2.75) is 71.9 Å². The zero-order valence-electron chi connectivity index (χ0n) is 17.4. The molecule has 148 valence electrons. The lowest BCUT2D eigenvalue weighted by Gasteiger charge is -2.35. The molecule has 6 nitrogen and oxygen atoms in total. The van der Waals surface area contributed by atoms with Crippen molar-refractivity contribution >= 4 is 5.96 Å². The SMILES string of the molecule is CCc1nn(C)c(CC)c1CNC(=NC)NCCN1CCCCC1CC. The molecule has 1 aromatic heterocycles. The Labute approximate surface area is 159 Å². The summed E-state index contributed by atoms with van der Waals surface area (Å²) in [6.45, 7) is 10.7. The maximum Gasteiger partial charge on any atom is 0.191 e. The predicted octanol–water partition coefficient (Wildman–Crippen LogP) is 2.47. The lowest BCUT2D eigenvalue weighted by atomic mass is 10.0. The number of rotatable bonds is 8. The number of aromatic nitrogens is 2. The second kappa shape index (κ2) is 10.6. The molecule has 0 aromatic carbocycles. The fraction of sp³-hybridized carbons (Fsp3) is 0.800. The molecule has 1 unspecified atom stereocenters. The van der Waals surface area contributed by atoms with Gasteiger partial charge in [0.25, 0.3) is 0 Å². The maximum absolute atomic E-state index is 4.65. The number of aliphatic imine (C=N–C) groups is 1. The van der Waals surface area contributed by atoms with Gasteiger partial charge >= 0.3 is 0 Å². The molecule has 1 atom stereocenters. The highest BCUT2D eigenvalue weighted by Crippen LogP contribution is 2.18. The van der Waals surface area contributed by atoms with E-state index in [4.69, 9.17) is 0 Å². The predicted molar refractivity (Wildman–Crippen MR) is 110 cm³/mol. The van der Waals surface area contributed by atoms with Crippen LogP contribution in [0.5, 0.6) is 0 Å². The fourth-order valence-corrected chi connectivity index (χ4v) is 4.12. The van der Waals surface area contributed by atoms with Crippen molar-refractivity contribution in [3.05, 3.63) is 17.0 Å². The first-order valence-corrected chi connectivity index (χ1v) is 10.4. The Balaban J connectivity index is 1.85. The van der Waals surface area contributed by atoms with Gasteiger partial charge in [-0.25, -0.2) is 0 Å². The normalized spacial score (nSPS) is 19.0. The molecule has 6 heteroatoms. The van der Waals surface area contributed by atoms with E-state index < -0.39 is 0 Å². The smallest absolute Gasteiger partial charge is 0.191 e. The van der Waals surface area contributed by atoms with Crippen LogP contribution < -0.4 is 10.6 Å². The van der Waals surface area contributed by atoms with E-state index in [1.807, 2.05) is 18.8 Å². The highest BCUT2D eigenvalue weighted by molar-refractivity contribution is 5.79. The number of nitrogens with one attached hydrogen (secondary N) is 2. The molecular weight excluding hydrogens is 324 g/mol. The van der Waals surface area contributed by atoms with E-state index in [9.17, 15) is 0 Å². The second-order valence-electron chi connectivity index (χ2n) is 7.15. The van der Waals surface area contributed by atoms with E-state index >= 15 is 0 Å². The molecule has 2 rings (SSSR count). The molecule has 2 N–H and O–H groups in total. The molecule has 1 saturated heterocycles. The second-order valence-corrected chi connectivity index (χ2v) is 7.15. The van der Waals surface area contributed by atoms with Gasteiger partial charge in [-0.2, -0.15) is 5.10 Å². The summed E-state index contributed by atoms with van der Waals surface area (Å²) in [4.78, 5) is 7.03. The standard InChI is InChI=1S/C20H38N6/c1-6-16-11-9-10-13-26(16)14-12-22-20(21-4)23-15-17-18(7-2)24-25(5)19(17)8-3/h16H,6-15H2,1-5H3,(H2,21,22,23). The molecule has 1 fully saturated rings. The lowest BCUT2D eigenvalue weighted by molar-refractivity contribution is 0.147. The van der Waals surface area contributed by atoms with E-state index in [-0.39, 0.29) is 0 Å². The molecule has 0 saturated carbocycles. The minimum absolute atomic E-state index is 0.759. The van der Waals surface area contributed by atoms with E-state index in [0.29, 0.717) is 0 Å².